The Morgan fingerprint density at radius 1 is 0.667 bits per heavy atom. The number of benzene rings is 4. The zero-order chi connectivity index (χ0) is 37.6. The van der Waals surface area contributed by atoms with Crippen molar-refractivity contribution in [3.05, 3.63) is 128 Å². The van der Waals surface area contributed by atoms with E-state index in [2.05, 4.69) is 61.4 Å². The van der Waals surface area contributed by atoms with Gasteiger partial charge in [0.15, 0.2) is 0 Å². The topological polar surface area (TPSA) is 83.5 Å². The Bertz CT molecular complexity index is 2030. The lowest BCUT2D eigenvalue weighted by Gasteiger charge is -2.25. The van der Waals surface area contributed by atoms with Gasteiger partial charge >= 0.3 is 12.4 Å². The van der Waals surface area contributed by atoms with E-state index in [0.29, 0.717) is 31.0 Å². The molecule has 17 heteroatoms. The molecule has 2 aliphatic heterocycles. The van der Waals surface area contributed by atoms with E-state index in [1.54, 1.807) is 0 Å². The molecule has 2 aliphatic rings. The van der Waals surface area contributed by atoms with Crippen molar-refractivity contribution >= 4 is 61.6 Å². The molecule has 276 valence electrons. The third kappa shape index (κ3) is 11.5. The molecule has 0 radical (unpaired) electrons. The second-order valence-corrected chi connectivity index (χ2v) is 17.8. The predicted octanol–water partition coefficient (Wildman–Crippen LogP) is 10.5. The van der Waals surface area contributed by atoms with Crippen LogP contribution in [0.5, 0.6) is 0 Å². The number of rotatable bonds is 5. The second-order valence-electron chi connectivity index (χ2n) is 11.5. The number of sulfonamides is 1. The quantitative estimate of drug-likeness (QED) is 0.159. The minimum atomic E-state index is -4.58. The Morgan fingerprint density at radius 2 is 1.18 bits per heavy atom. The van der Waals surface area contributed by atoms with Crippen molar-refractivity contribution in [2.45, 2.75) is 59.9 Å². The minimum absolute atomic E-state index is 0.287. The van der Waals surface area contributed by atoms with Gasteiger partial charge in [-0.1, -0.05) is 68.3 Å². The van der Waals surface area contributed by atoms with Crippen LogP contribution in [0.15, 0.2) is 116 Å². The number of hydrogen-bond acceptors (Lipinski definition) is 5. The summed E-state index contributed by atoms with van der Waals surface area (Å²) in [4.78, 5) is -0.891. The Balaban J connectivity index is 0.000000189. The summed E-state index contributed by atoms with van der Waals surface area (Å²) in [5.41, 5.74) is 0.218. The van der Waals surface area contributed by atoms with Crippen molar-refractivity contribution in [3.63, 3.8) is 0 Å². The van der Waals surface area contributed by atoms with Gasteiger partial charge in [0.25, 0.3) is 9.05 Å². The molecule has 2 heterocycles. The largest absolute Gasteiger partial charge is 0.416 e. The van der Waals surface area contributed by atoms with Crippen molar-refractivity contribution < 1.29 is 43.2 Å². The van der Waals surface area contributed by atoms with Gasteiger partial charge in [0.2, 0.25) is 10.0 Å². The molecule has 0 bridgehead atoms. The van der Waals surface area contributed by atoms with Crippen molar-refractivity contribution in [1.29, 1.82) is 0 Å². The number of alkyl halides is 6. The SMILES string of the molecule is Brc1cccc(C2CCCN2)c1.O=S(=O)(Cl)c1cccc(C(F)(F)F)c1.O=S(=O)(c1cccc(C(F)(F)F)c1)N1CCCC1c1cccc(Br)c1. The first-order valence-corrected chi connectivity index (χ1v) is 20.7. The number of halogens is 9. The number of nitrogens with one attached hydrogen (secondary N) is 1. The zero-order valence-corrected chi connectivity index (χ0v) is 32.0. The average Bonchev–Trinajstić information content (AvgIpc) is 3.79. The molecule has 0 aliphatic carbocycles. The summed E-state index contributed by atoms with van der Waals surface area (Å²) in [6, 6.07) is 23.2. The van der Waals surface area contributed by atoms with Gasteiger partial charge in [0, 0.05) is 32.2 Å². The van der Waals surface area contributed by atoms with Gasteiger partial charge in [-0.15, -0.1) is 0 Å². The number of nitrogens with zero attached hydrogens (tertiary/aromatic N) is 1. The Morgan fingerprint density at radius 3 is 1.69 bits per heavy atom. The van der Waals surface area contributed by atoms with E-state index in [1.165, 1.54) is 33.2 Å². The molecular formula is C34H31Br2ClF6N2O4S2. The van der Waals surface area contributed by atoms with Gasteiger partial charge in [0.05, 0.1) is 27.0 Å². The highest BCUT2D eigenvalue weighted by Crippen LogP contribution is 2.39. The molecule has 4 aromatic carbocycles. The first-order chi connectivity index (χ1) is 23.8. The first-order valence-electron chi connectivity index (χ1n) is 15.3. The maximum atomic E-state index is 12.9. The molecule has 2 atom stereocenters. The van der Waals surface area contributed by atoms with Crippen molar-refractivity contribution in [3.8, 4) is 0 Å². The van der Waals surface area contributed by atoms with Crippen LogP contribution in [0.1, 0.15) is 60.0 Å². The highest BCUT2D eigenvalue weighted by Gasteiger charge is 2.38. The van der Waals surface area contributed by atoms with Gasteiger partial charge in [-0.2, -0.15) is 30.6 Å². The molecule has 0 saturated carbocycles. The molecule has 4 aromatic rings. The molecule has 0 amide bonds. The lowest BCUT2D eigenvalue weighted by molar-refractivity contribution is -0.138. The summed E-state index contributed by atoms with van der Waals surface area (Å²) in [6.45, 7) is 1.45. The van der Waals surface area contributed by atoms with E-state index in [9.17, 15) is 43.2 Å². The summed E-state index contributed by atoms with van der Waals surface area (Å²) in [5, 5.41) is 3.48. The lowest BCUT2D eigenvalue weighted by atomic mass is 10.1. The molecule has 1 N–H and O–H groups in total. The van der Waals surface area contributed by atoms with Gasteiger partial charge in [-0.3, -0.25) is 0 Å². The Labute approximate surface area is 313 Å². The summed E-state index contributed by atoms with van der Waals surface area (Å²) in [5.74, 6) is 0. The molecule has 2 saturated heterocycles. The predicted molar refractivity (Wildman–Crippen MR) is 190 cm³/mol. The fourth-order valence-electron chi connectivity index (χ4n) is 5.56. The minimum Gasteiger partial charge on any atom is -0.310 e. The van der Waals surface area contributed by atoms with Crippen LogP contribution in [-0.2, 0) is 31.4 Å². The van der Waals surface area contributed by atoms with Gasteiger partial charge in [-0.05, 0) is 104 Å². The summed E-state index contributed by atoms with van der Waals surface area (Å²) in [6.07, 6.45) is -5.28. The number of hydrogen-bond donors (Lipinski definition) is 1. The third-order valence-corrected chi connectivity index (χ3v) is 12.2. The van der Waals surface area contributed by atoms with E-state index in [-0.39, 0.29) is 17.5 Å². The molecule has 6 rings (SSSR count). The Kier molecular flexibility index (Phi) is 13.9. The molecular weight excluding hydrogens is 874 g/mol. The third-order valence-electron chi connectivity index (χ3n) is 7.96. The van der Waals surface area contributed by atoms with Gasteiger partial charge < -0.3 is 5.32 Å². The summed E-state index contributed by atoms with van der Waals surface area (Å²) in [7, 11) is -3.24. The Hall–Kier alpha value is -2.47. The highest BCUT2D eigenvalue weighted by atomic mass is 79.9. The van der Waals surface area contributed by atoms with E-state index < -0.39 is 47.4 Å². The molecule has 0 aromatic heterocycles. The smallest absolute Gasteiger partial charge is 0.310 e. The molecule has 2 unspecified atom stereocenters. The van der Waals surface area contributed by atoms with E-state index >= 15 is 0 Å². The second kappa shape index (κ2) is 17.1. The van der Waals surface area contributed by atoms with Crippen LogP contribution >= 0.6 is 42.5 Å². The fourth-order valence-corrected chi connectivity index (χ4v) is 8.92. The lowest BCUT2D eigenvalue weighted by Crippen LogP contribution is -2.30. The van der Waals surface area contributed by atoms with Crippen molar-refractivity contribution in [2.24, 2.45) is 0 Å². The van der Waals surface area contributed by atoms with Crippen LogP contribution < -0.4 is 5.32 Å². The maximum Gasteiger partial charge on any atom is 0.416 e. The van der Waals surface area contributed by atoms with Crippen LogP contribution in [-0.4, -0.2) is 34.2 Å². The van der Waals surface area contributed by atoms with Gasteiger partial charge in [0.1, 0.15) is 0 Å². The van der Waals surface area contributed by atoms with Crippen molar-refractivity contribution in [2.75, 3.05) is 13.1 Å². The highest BCUT2D eigenvalue weighted by molar-refractivity contribution is 9.10. The van der Waals surface area contributed by atoms with Crippen LogP contribution in [0.2, 0.25) is 0 Å². The first kappa shape index (κ1) is 41.3. The standard InChI is InChI=1S/C17H15BrF3NO2S.C10H12BrN.C7H4ClF3O2S/c18-14-6-1-4-12(10-14)16-8-3-9-22(16)25(23,24)15-7-2-5-13(11-15)17(19,20)21;11-9-4-1-3-8(7-9)10-5-2-6-12-10;8-14(12,13)6-3-1-2-5(4-6)7(9,10)11/h1-2,4-7,10-11,16H,3,8-9H2;1,3-4,7,10,12H,2,5-6H2;1-4H. The molecule has 51 heavy (non-hydrogen) atoms. The summed E-state index contributed by atoms with van der Waals surface area (Å²) < 4.78 is 126. The monoisotopic (exact) mass is 902 g/mol. The van der Waals surface area contributed by atoms with Crippen LogP contribution in [0.3, 0.4) is 0 Å². The molecule has 6 nitrogen and oxygen atoms in total. The average molecular weight is 905 g/mol. The van der Waals surface area contributed by atoms with Crippen LogP contribution in [0, 0.1) is 0 Å². The van der Waals surface area contributed by atoms with E-state index in [1.807, 2.05) is 24.3 Å². The van der Waals surface area contributed by atoms with Crippen LogP contribution in [0.4, 0.5) is 26.3 Å². The normalized spacial score (nSPS) is 18.4. The summed E-state index contributed by atoms with van der Waals surface area (Å²) >= 11 is 6.84. The molecule has 0 spiro atoms. The zero-order valence-electron chi connectivity index (χ0n) is 26.4. The molecule has 2 fully saturated rings. The van der Waals surface area contributed by atoms with Crippen LogP contribution in [0.25, 0.3) is 0 Å². The fraction of sp³-hybridized carbons (Fsp3) is 0.294. The maximum absolute atomic E-state index is 12.9. The van der Waals surface area contributed by atoms with E-state index in [0.717, 1.165) is 46.9 Å². The van der Waals surface area contributed by atoms with E-state index in [4.69, 9.17) is 10.7 Å². The van der Waals surface area contributed by atoms with Gasteiger partial charge in [-0.25, -0.2) is 16.8 Å². The van der Waals surface area contributed by atoms with Crippen molar-refractivity contribution in [1.82, 2.24) is 9.62 Å².